The number of hydrogen-bond donors (Lipinski definition) is 0. The standard InChI is InChI=1S/C6H7O.3C4H9.Sn/c1-5-3-4-7-6(5)2;3*1-3-4-2;/h3H,1-2H3;3*1,3-4H2,2H3;. The Morgan fingerprint density at radius 1 is 0.900 bits per heavy atom. The molecule has 1 aromatic rings. The van der Waals surface area contributed by atoms with Gasteiger partial charge in [-0.1, -0.05) is 80.1 Å². The first-order chi connectivity index (χ1) is 9.05. The van der Waals surface area contributed by atoms with Gasteiger partial charge >= 0.3 is 0 Å². The minimum absolute atomic E-state index is 0. The molecule has 116 valence electrons. The molecule has 0 aliphatic carbocycles. The molecule has 2 heteroatoms. The van der Waals surface area contributed by atoms with E-state index >= 15 is 0 Å². The van der Waals surface area contributed by atoms with Gasteiger partial charge in [-0.05, 0) is 25.5 Å². The van der Waals surface area contributed by atoms with E-state index in [1.807, 2.05) is 19.9 Å². The van der Waals surface area contributed by atoms with E-state index in [2.05, 4.69) is 47.8 Å². The second-order valence-electron chi connectivity index (χ2n) is 4.16. The van der Waals surface area contributed by atoms with E-state index in [4.69, 9.17) is 4.42 Å². The van der Waals surface area contributed by atoms with E-state index < -0.39 is 0 Å². The van der Waals surface area contributed by atoms with Crippen LogP contribution in [0.5, 0.6) is 0 Å². The van der Waals surface area contributed by atoms with Gasteiger partial charge in [-0.3, -0.25) is 0 Å². The number of rotatable bonds is 3. The van der Waals surface area contributed by atoms with Crippen LogP contribution in [-0.2, 0) is 0 Å². The van der Waals surface area contributed by atoms with Gasteiger partial charge in [-0.25, -0.2) is 0 Å². The largest absolute Gasteiger partial charge is 0.458 e. The Kier molecular flexibility index (Phi) is 38.8. The summed E-state index contributed by atoms with van der Waals surface area (Å²) < 4.78 is 4.84. The van der Waals surface area contributed by atoms with Crippen molar-refractivity contribution in [2.75, 3.05) is 0 Å². The minimum atomic E-state index is 0. The molecular weight excluding hydrogens is 351 g/mol. The Hall–Kier alpha value is 0.0787. The van der Waals surface area contributed by atoms with E-state index in [-0.39, 0.29) is 23.9 Å². The smallest absolute Gasteiger partial charge is 0.169 e. The van der Waals surface area contributed by atoms with Crippen molar-refractivity contribution in [2.45, 2.75) is 73.1 Å². The zero-order valence-corrected chi connectivity index (χ0v) is 17.2. The molecule has 0 saturated heterocycles. The quantitative estimate of drug-likeness (QED) is 0.567. The van der Waals surface area contributed by atoms with Crippen molar-refractivity contribution in [1.82, 2.24) is 0 Å². The maximum Gasteiger partial charge on any atom is 0.169 e. The van der Waals surface area contributed by atoms with Crippen LogP contribution in [0.2, 0.25) is 0 Å². The third kappa shape index (κ3) is 30.8. The SMILES string of the molecule is Cc1c[c]oc1C.[CH2]CCC.[CH2]CCC.[CH2]CCC.[Sn]. The zero-order valence-electron chi connectivity index (χ0n) is 14.3. The van der Waals surface area contributed by atoms with E-state index in [9.17, 15) is 0 Å². The van der Waals surface area contributed by atoms with Crippen LogP contribution in [0.4, 0.5) is 0 Å². The summed E-state index contributed by atoms with van der Waals surface area (Å²) in [6, 6.07) is 1.83. The summed E-state index contributed by atoms with van der Waals surface area (Å²) in [5.74, 6) is 0.958. The van der Waals surface area contributed by atoms with Gasteiger partial charge in [0.15, 0.2) is 6.26 Å². The molecule has 0 bridgehead atoms. The van der Waals surface area contributed by atoms with Gasteiger partial charge in [0, 0.05) is 23.9 Å². The number of hydrogen-bond acceptors (Lipinski definition) is 1. The van der Waals surface area contributed by atoms with Gasteiger partial charge in [0.1, 0.15) is 5.76 Å². The average molecular weight is 385 g/mol. The molecule has 0 aliphatic rings. The van der Waals surface area contributed by atoms with Crippen LogP contribution in [-0.4, -0.2) is 23.9 Å². The molecule has 0 fully saturated rings. The molecule has 1 rings (SSSR count). The molecular formula is C18H34OSn. The molecule has 0 spiro atoms. The van der Waals surface area contributed by atoms with Crippen molar-refractivity contribution < 1.29 is 4.42 Å². The fourth-order valence-electron chi connectivity index (χ4n) is 0.388. The Bertz CT molecular complexity index is 199. The third-order valence-corrected chi connectivity index (χ3v) is 2.10. The molecule has 1 aromatic heterocycles. The fraction of sp³-hybridized carbons (Fsp3) is 0.611. The number of furan rings is 1. The molecule has 0 unspecified atom stereocenters. The first-order valence-corrected chi connectivity index (χ1v) is 7.36. The molecule has 0 saturated carbocycles. The molecule has 0 atom stereocenters. The van der Waals surface area contributed by atoms with Crippen molar-refractivity contribution in [3.8, 4) is 0 Å². The van der Waals surface area contributed by atoms with E-state index in [0.717, 1.165) is 25.0 Å². The predicted octanol–water partition coefficient (Wildman–Crippen LogP) is 6.18. The number of unbranched alkanes of at least 4 members (excludes halogenated alkanes) is 3. The summed E-state index contributed by atoms with van der Waals surface area (Å²) in [6.07, 6.45) is 9.46. The van der Waals surface area contributed by atoms with E-state index in [0.29, 0.717) is 0 Å². The van der Waals surface area contributed by atoms with Gasteiger partial charge < -0.3 is 4.42 Å². The normalized spacial score (nSPS) is 7.80. The van der Waals surface area contributed by atoms with Crippen LogP contribution in [0.25, 0.3) is 0 Å². The summed E-state index contributed by atoms with van der Waals surface area (Å²) in [4.78, 5) is 0. The van der Waals surface area contributed by atoms with Gasteiger partial charge in [-0.2, -0.15) is 0 Å². The Balaban J connectivity index is -0.0000000881. The molecule has 0 N–H and O–H groups in total. The maximum absolute atomic E-state index is 4.84. The summed E-state index contributed by atoms with van der Waals surface area (Å²) in [7, 11) is 0. The van der Waals surface area contributed by atoms with Gasteiger partial charge in [0.05, 0.1) is 0 Å². The molecule has 20 heavy (non-hydrogen) atoms. The van der Waals surface area contributed by atoms with Crippen LogP contribution in [0.15, 0.2) is 10.5 Å². The van der Waals surface area contributed by atoms with Crippen molar-refractivity contribution in [2.24, 2.45) is 0 Å². The van der Waals surface area contributed by atoms with Gasteiger partial charge in [0.2, 0.25) is 0 Å². The van der Waals surface area contributed by atoms with E-state index in [1.54, 1.807) is 0 Å². The first-order valence-electron chi connectivity index (χ1n) is 7.36. The molecule has 0 amide bonds. The second kappa shape index (κ2) is 27.4. The van der Waals surface area contributed by atoms with Crippen LogP contribution in [0, 0.1) is 40.9 Å². The predicted molar refractivity (Wildman–Crippen MR) is 93.6 cm³/mol. The Morgan fingerprint density at radius 3 is 1.25 bits per heavy atom. The Morgan fingerprint density at radius 2 is 1.20 bits per heavy atom. The van der Waals surface area contributed by atoms with Crippen molar-refractivity contribution in [1.29, 1.82) is 0 Å². The van der Waals surface area contributed by atoms with Crippen LogP contribution in [0.1, 0.15) is 70.6 Å². The van der Waals surface area contributed by atoms with Gasteiger partial charge in [0.25, 0.3) is 0 Å². The summed E-state index contributed by atoms with van der Waals surface area (Å²) in [5, 5.41) is 0. The summed E-state index contributed by atoms with van der Waals surface area (Å²) in [5.41, 5.74) is 1.17. The van der Waals surface area contributed by atoms with E-state index in [1.165, 1.54) is 24.8 Å². The molecule has 1 nitrogen and oxygen atoms in total. The summed E-state index contributed by atoms with van der Waals surface area (Å²) >= 11 is 0. The molecule has 0 aliphatic heterocycles. The summed E-state index contributed by atoms with van der Waals surface area (Å²) in [6.45, 7) is 21.1. The first kappa shape index (κ1) is 28.3. The maximum atomic E-state index is 4.84. The second-order valence-corrected chi connectivity index (χ2v) is 4.16. The molecule has 1 heterocycles. The molecule has 0 aromatic carbocycles. The van der Waals surface area contributed by atoms with Crippen LogP contribution < -0.4 is 0 Å². The number of aryl methyl sites for hydroxylation is 2. The third-order valence-electron chi connectivity index (χ3n) is 2.10. The molecule has 8 radical (unpaired) electrons. The van der Waals surface area contributed by atoms with Crippen LogP contribution in [0.3, 0.4) is 0 Å². The topological polar surface area (TPSA) is 13.1 Å². The van der Waals surface area contributed by atoms with Crippen molar-refractivity contribution in [3.63, 3.8) is 0 Å². The van der Waals surface area contributed by atoms with Crippen LogP contribution >= 0.6 is 0 Å². The van der Waals surface area contributed by atoms with Gasteiger partial charge in [-0.15, -0.1) is 0 Å². The minimum Gasteiger partial charge on any atom is -0.458 e. The van der Waals surface area contributed by atoms with Crippen molar-refractivity contribution in [3.05, 3.63) is 44.4 Å². The Labute approximate surface area is 145 Å². The average Bonchev–Trinajstić information content (AvgIpc) is 2.83. The fourth-order valence-corrected chi connectivity index (χ4v) is 0.388. The van der Waals surface area contributed by atoms with Crippen molar-refractivity contribution >= 4 is 23.9 Å². The monoisotopic (exact) mass is 386 g/mol. The zero-order chi connectivity index (χ0) is 15.5.